The van der Waals surface area contributed by atoms with Crippen LogP contribution in [0.25, 0.3) is 10.9 Å². The Bertz CT molecular complexity index is 2660. The van der Waals surface area contributed by atoms with Crippen molar-refractivity contribution >= 4 is 52.1 Å². The lowest BCUT2D eigenvalue weighted by Crippen LogP contribution is -2.77. The van der Waals surface area contributed by atoms with E-state index in [9.17, 15) is 34.3 Å². The number of aliphatic carboxylic acids is 1. The number of nitrogens with zero attached hydrogens (tertiary/aromatic N) is 11. The minimum Gasteiger partial charge on any atom is -0.489 e. The Hall–Kier alpha value is -6.07. The Kier molecular flexibility index (Phi) is 11.4. The summed E-state index contributed by atoms with van der Waals surface area (Å²) in [7, 11) is 0. The van der Waals surface area contributed by atoms with Crippen molar-refractivity contribution in [3.8, 4) is 11.8 Å². The van der Waals surface area contributed by atoms with Gasteiger partial charge in [-0.3, -0.25) is 33.8 Å². The number of imide groups is 1. The highest BCUT2D eigenvalue weighted by atomic mass is 35.5. The molecule has 1 aliphatic carbocycles. The quantitative estimate of drug-likeness (QED) is 0.206. The van der Waals surface area contributed by atoms with Gasteiger partial charge in [-0.05, 0) is 55.0 Å². The molecule has 7 heterocycles. The number of ether oxygens (including phenoxy) is 1. The molecule has 1 saturated carbocycles. The van der Waals surface area contributed by atoms with Gasteiger partial charge in [0.2, 0.25) is 11.9 Å². The highest BCUT2D eigenvalue weighted by Crippen LogP contribution is 2.59. The normalized spacial score (nSPS) is 27.0. The third kappa shape index (κ3) is 7.65. The minimum atomic E-state index is -1.13. The molecule has 340 valence electrons. The van der Waals surface area contributed by atoms with Gasteiger partial charge in [0.1, 0.15) is 35.5 Å². The lowest BCUT2D eigenvalue weighted by molar-refractivity contribution is -0.216. The molecule has 19 nitrogen and oxygen atoms in total. The number of piperidine rings is 2. The van der Waals surface area contributed by atoms with Gasteiger partial charge >= 0.3 is 5.97 Å². The van der Waals surface area contributed by atoms with Crippen molar-refractivity contribution < 1.29 is 29.0 Å². The van der Waals surface area contributed by atoms with E-state index in [1.165, 1.54) is 17.3 Å². The summed E-state index contributed by atoms with van der Waals surface area (Å²) in [6.45, 7) is 12.4. The van der Waals surface area contributed by atoms with Crippen LogP contribution in [-0.4, -0.2) is 138 Å². The summed E-state index contributed by atoms with van der Waals surface area (Å²) in [5.41, 5.74) is 4.50. The fraction of sp³-hybridized carbons (Fsp3) is 0.511. The number of nitriles is 1. The maximum absolute atomic E-state index is 14.6. The topological polar surface area (TPSA) is 237 Å². The second kappa shape index (κ2) is 16.7. The number of hydrogen-bond donors (Lipinski definition) is 2. The first-order chi connectivity index (χ1) is 31.0. The van der Waals surface area contributed by atoms with Gasteiger partial charge in [-0.2, -0.15) is 9.94 Å². The molecule has 3 atom stereocenters. The van der Waals surface area contributed by atoms with Crippen molar-refractivity contribution in [3.63, 3.8) is 0 Å². The third-order valence-electron chi connectivity index (χ3n) is 14.3. The molecule has 0 spiro atoms. The van der Waals surface area contributed by atoms with Gasteiger partial charge in [0.25, 0.3) is 17.4 Å². The molecule has 0 radical (unpaired) electrons. The van der Waals surface area contributed by atoms with E-state index in [1.54, 1.807) is 36.4 Å². The van der Waals surface area contributed by atoms with E-state index in [2.05, 4.69) is 30.2 Å². The second-order valence-electron chi connectivity index (χ2n) is 19.0. The van der Waals surface area contributed by atoms with Crippen LogP contribution in [-0.2, 0) is 14.4 Å². The zero-order valence-corrected chi connectivity index (χ0v) is 37.4. The molecule has 6 fully saturated rings. The van der Waals surface area contributed by atoms with E-state index in [1.807, 2.05) is 43.7 Å². The lowest BCUT2D eigenvalue weighted by Gasteiger charge is -2.65. The van der Waals surface area contributed by atoms with Crippen LogP contribution in [0.3, 0.4) is 0 Å². The predicted molar refractivity (Wildman–Crippen MR) is 235 cm³/mol. The average molecular weight is 907 g/mol. The molecule has 10 rings (SSSR count). The largest absolute Gasteiger partial charge is 0.489 e. The van der Waals surface area contributed by atoms with Crippen LogP contribution in [0.5, 0.6) is 5.75 Å². The summed E-state index contributed by atoms with van der Waals surface area (Å²) in [5.74, 6) is -1.35. The highest BCUT2D eigenvalue weighted by Gasteiger charge is 2.68. The van der Waals surface area contributed by atoms with E-state index < -0.39 is 58.4 Å². The summed E-state index contributed by atoms with van der Waals surface area (Å²) in [4.78, 5) is 82.0. The number of piperazine rings is 1. The van der Waals surface area contributed by atoms with Crippen LogP contribution in [0.2, 0.25) is 5.02 Å². The van der Waals surface area contributed by atoms with Gasteiger partial charge in [-0.25, -0.2) is 20.0 Å². The second-order valence-corrected chi connectivity index (χ2v) is 19.4. The molecule has 2 aromatic carbocycles. The smallest absolute Gasteiger partial charge is 0.326 e. The number of anilines is 1. The van der Waals surface area contributed by atoms with E-state index in [4.69, 9.17) is 22.1 Å². The van der Waals surface area contributed by atoms with Crippen LogP contribution in [0.1, 0.15) is 86.9 Å². The molecule has 4 aromatic rings. The Morgan fingerprint density at radius 3 is 2.29 bits per heavy atom. The number of fused-ring (bicyclic) bond motifs is 4. The maximum atomic E-state index is 14.6. The summed E-state index contributed by atoms with van der Waals surface area (Å²) in [6.07, 6.45) is 4.30. The van der Waals surface area contributed by atoms with Crippen LogP contribution >= 0.6 is 11.6 Å². The summed E-state index contributed by atoms with van der Waals surface area (Å²) >= 11 is 6.30. The fourth-order valence-corrected chi connectivity index (χ4v) is 11.7. The van der Waals surface area contributed by atoms with E-state index in [0.717, 1.165) is 17.5 Å². The van der Waals surface area contributed by atoms with E-state index in [-0.39, 0.29) is 52.2 Å². The van der Waals surface area contributed by atoms with Gasteiger partial charge in [0.05, 0.1) is 27.6 Å². The maximum Gasteiger partial charge on any atom is 0.326 e. The van der Waals surface area contributed by atoms with Gasteiger partial charge in [0, 0.05) is 87.6 Å². The Morgan fingerprint density at radius 1 is 0.969 bits per heavy atom. The monoisotopic (exact) mass is 906 g/mol. The number of likely N-dealkylation sites (tertiary alicyclic amines) is 1. The molecule has 65 heavy (non-hydrogen) atoms. The van der Waals surface area contributed by atoms with Crippen molar-refractivity contribution in [2.45, 2.75) is 83.6 Å². The number of rotatable bonds is 11. The SMILES string of the molecule is CC1(C)C(Oc2ccc(C#N)c(Cl)c2)C(C)(C)C1N1C(=O)CC[C@@H](n2nnc3ccc([C@H](C(=O)O)N4[C@@H](CN5CCN(c6ncc(C(N)=O)cn6)CC5)C5CCN4CC5)cc3c2=O)C1=O. The zero-order valence-electron chi connectivity index (χ0n) is 36.6. The number of aromatic nitrogens is 5. The van der Waals surface area contributed by atoms with Crippen molar-refractivity contribution in [2.24, 2.45) is 22.5 Å². The number of carboxylic acid groups (broad SMARTS) is 1. The van der Waals surface area contributed by atoms with Gasteiger partial charge in [-0.1, -0.05) is 50.6 Å². The predicted octanol–water partition coefficient (Wildman–Crippen LogP) is 3.04. The first kappa shape index (κ1) is 44.1. The first-order valence-corrected chi connectivity index (χ1v) is 22.3. The molecule has 3 N–H and O–H groups in total. The molecule has 6 aliphatic rings. The molecule has 20 heteroatoms. The highest BCUT2D eigenvalue weighted by molar-refractivity contribution is 6.31. The van der Waals surface area contributed by atoms with Crippen LogP contribution in [0.15, 0.2) is 53.6 Å². The molecular formula is C45H51ClN12O7. The molecule has 5 saturated heterocycles. The molecule has 5 aliphatic heterocycles. The third-order valence-corrected chi connectivity index (χ3v) is 14.6. The Morgan fingerprint density at radius 2 is 1.66 bits per heavy atom. The molecular weight excluding hydrogens is 856 g/mol. The molecule has 0 unspecified atom stereocenters. The fourth-order valence-electron chi connectivity index (χ4n) is 11.5. The van der Waals surface area contributed by atoms with Crippen LogP contribution < -0.4 is 20.9 Å². The van der Waals surface area contributed by atoms with Crippen LogP contribution in [0, 0.1) is 28.1 Å². The summed E-state index contributed by atoms with van der Waals surface area (Å²) in [5, 5.41) is 33.4. The van der Waals surface area contributed by atoms with Crippen molar-refractivity contribution in [1.82, 2.24) is 44.8 Å². The number of benzene rings is 2. The zero-order chi connectivity index (χ0) is 46.1. The van der Waals surface area contributed by atoms with Gasteiger partial charge < -0.3 is 20.5 Å². The van der Waals surface area contributed by atoms with Gasteiger partial charge in [0.15, 0.2) is 0 Å². The van der Waals surface area contributed by atoms with Crippen LogP contribution in [0.4, 0.5) is 5.95 Å². The number of halogens is 1. The number of carboxylic acids is 1. The van der Waals surface area contributed by atoms with Crippen molar-refractivity contribution in [2.75, 3.05) is 50.7 Å². The van der Waals surface area contributed by atoms with Crippen molar-refractivity contribution in [1.29, 1.82) is 5.26 Å². The Labute approximate surface area is 379 Å². The number of hydrazine groups is 1. The van der Waals surface area contributed by atoms with Gasteiger partial charge in [-0.15, -0.1) is 5.10 Å². The Balaban J connectivity index is 0.954. The number of carbonyl (C=O) groups is 4. The first-order valence-electron chi connectivity index (χ1n) is 22.0. The summed E-state index contributed by atoms with van der Waals surface area (Å²) < 4.78 is 7.47. The number of carbonyl (C=O) groups excluding carboxylic acids is 3. The summed E-state index contributed by atoms with van der Waals surface area (Å²) in [6, 6.07) is 8.73. The van der Waals surface area contributed by atoms with E-state index in [0.29, 0.717) is 68.6 Å². The minimum absolute atomic E-state index is 0.0106. The van der Waals surface area contributed by atoms with Crippen molar-refractivity contribution in [3.05, 3.63) is 80.9 Å². The standard InChI is InChI=1S/C45H51ClN12O7/c1-44(2)41(45(3,4)42(44)65-29-7-5-27(21-47)31(46)20-29)56-35(59)10-9-33(39(56)62)57-38(61)30-19-26(6-8-32(30)51-52-57)36(40(63)64)58-34(25-11-13-55(58)14-12-25)24-53-15-17-54(18-16-53)43-49-22-28(23-50-43)37(48)60/h5-8,19-20,22-23,25,33-34,36,41-42H,9-18,24H2,1-4H3,(H2,48,60)(H,63,64)/t33-,34+,36-,41?,42?/m1/s1. The number of hydrogen-bond acceptors (Lipinski definition) is 15. The molecule has 2 aromatic heterocycles. The number of nitrogens with two attached hydrogens (primary N) is 1. The molecule has 3 amide bonds. The lowest BCUT2D eigenvalue weighted by atomic mass is 9.48. The number of primary amides is 1. The van der Waals surface area contributed by atoms with E-state index >= 15 is 0 Å². The average Bonchev–Trinajstić information content (AvgIpc) is 3.28. The number of amides is 3. The molecule has 2 bridgehead atoms.